The number of nitrogens with one attached hydrogen (secondary N) is 1. The van der Waals surface area contributed by atoms with Crippen LogP contribution < -0.4 is 5.32 Å². The molecule has 1 amide bonds. The summed E-state index contributed by atoms with van der Waals surface area (Å²) >= 11 is 7.73. The zero-order chi connectivity index (χ0) is 23.2. The summed E-state index contributed by atoms with van der Waals surface area (Å²) in [5.74, 6) is 0.360. The van der Waals surface area contributed by atoms with Gasteiger partial charge in [0.05, 0.1) is 23.4 Å². The molecule has 1 N–H and O–H groups in total. The predicted molar refractivity (Wildman–Crippen MR) is 130 cm³/mol. The van der Waals surface area contributed by atoms with Crippen LogP contribution in [0.2, 0.25) is 5.02 Å². The Bertz CT molecular complexity index is 1230. The van der Waals surface area contributed by atoms with E-state index in [-0.39, 0.29) is 23.5 Å². The highest BCUT2D eigenvalue weighted by Gasteiger charge is 2.18. The molecule has 4 aromatic rings. The predicted octanol–water partition coefficient (Wildman–Crippen LogP) is 5.76. The molecule has 0 bridgehead atoms. The molecule has 8 heteroatoms. The standard InChI is InChI=1S/C25H22ClFN4OS/c1-17(19-11-13-20(27)14-12-19)28-23(32)16-33-25-30-29-24(21-9-5-6-10-22(21)26)31(25)15-18-7-3-2-4-8-18/h2-14,17H,15-16H2,1H3,(H,28,32). The summed E-state index contributed by atoms with van der Waals surface area (Å²) < 4.78 is 15.1. The normalized spacial score (nSPS) is 11.8. The van der Waals surface area contributed by atoms with Gasteiger partial charge in [-0.05, 0) is 42.3 Å². The Morgan fingerprint density at radius 1 is 1.03 bits per heavy atom. The molecule has 5 nitrogen and oxygen atoms in total. The number of nitrogens with zero attached hydrogens (tertiary/aromatic N) is 3. The van der Waals surface area contributed by atoms with E-state index in [1.54, 1.807) is 12.1 Å². The molecule has 0 spiro atoms. The van der Waals surface area contributed by atoms with Crippen molar-refractivity contribution in [3.8, 4) is 11.4 Å². The lowest BCUT2D eigenvalue weighted by molar-refractivity contribution is -0.119. The maximum absolute atomic E-state index is 13.2. The first-order valence-corrected chi connectivity index (χ1v) is 11.8. The monoisotopic (exact) mass is 480 g/mol. The van der Waals surface area contributed by atoms with Crippen molar-refractivity contribution in [3.63, 3.8) is 0 Å². The van der Waals surface area contributed by atoms with Crippen molar-refractivity contribution in [2.45, 2.75) is 24.7 Å². The largest absolute Gasteiger partial charge is 0.349 e. The molecule has 0 aliphatic heterocycles. The number of benzene rings is 3. The average molecular weight is 481 g/mol. The van der Waals surface area contributed by atoms with Crippen LogP contribution >= 0.6 is 23.4 Å². The van der Waals surface area contributed by atoms with Crippen LogP contribution in [-0.4, -0.2) is 26.4 Å². The van der Waals surface area contributed by atoms with Crippen molar-refractivity contribution in [3.05, 3.63) is 101 Å². The van der Waals surface area contributed by atoms with Gasteiger partial charge in [0, 0.05) is 5.56 Å². The number of hydrogen-bond acceptors (Lipinski definition) is 4. The number of halogens is 2. The second-order valence-corrected chi connectivity index (χ2v) is 8.84. The van der Waals surface area contributed by atoms with E-state index < -0.39 is 0 Å². The van der Waals surface area contributed by atoms with E-state index in [2.05, 4.69) is 15.5 Å². The van der Waals surface area contributed by atoms with Crippen molar-refractivity contribution >= 4 is 29.3 Å². The minimum atomic E-state index is -0.306. The van der Waals surface area contributed by atoms with Crippen LogP contribution in [0.4, 0.5) is 4.39 Å². The number of rotatable bonds is 8. The van der Waals surface area contributed by atoms with Gasteiger partial charge >= 0.3 is 0 Å². The van der Waals surface area contributed by atoms with Crippen molar-refractivity contribution in [2.75, 3.05) is 5.75 Å². The van der Waals surface area contributed by atoms with E-state index in [0.717, 1.165) is 16.7 Å². The number of carbonyl (C=O) groups is 1. The van der Waals surface area contributed by atoms with Gasteiger partial charge in [-0.2, -0.15) is 0 Å². The molecule has 1 unspecified atom stereocenters. The van der Waals surface area contributed by atoms with E-state index in [9.17, 15) is 9.18 Å². The molecule has 1 atom stereocenters. The van der Waals surface area contributed by atoms with Crippen LogP contribution in [0.5, 0.6) is 0 Å². The van der Waals surface area contributed by atoms with Gasteiger partial charge in [0.15, 0.2) is 11.0 Å². The van der Waals surface area contributed by atoms with Crippen LogP contribution in [0.1, 0.15) is 24.1 Å². The zero-order valence-corrected chi connectivity index (χ0v) is 19.5. The minimum absolute atomic E-state index is 0.148. The topological polar surface area (TPSA) is 59.8 Å². The van der Waals surface area contributed by atoms with Crippen molar-refractivity contribution in [2.24, 2.45) is 0 Å². The second-order valence-electron chi connectivity index (χ2n) is 7.49. The Kier molecular flexibility index (Phi) is 7.42. The number of amides is 1. The molecule has 168 valence electrons. The Balaban J connectivity index is 1.51. The fourth-order valence-electron chi connectivity index (χ4n) is 3.39. The number of carbonyl (C=O) groups excluding carboxylic acids is 1. The molecule has 33 heavy (non-hydrogen) atoms. The molecular formula is C25H22ClFN4OS. The van der Waals surface area contributed by atoms with Crippen LogP contribution in [0.3, 0.4) is 0 Å². The van der Waals surface area contributed by atoms with Gasteiger partial charge in [-0.1, -0.05) is 78.0 Å². The third kappa shape index (κ3) is 5.80. The Hall–Kier alpha value is -3.16. The molecule has 0 aliphatic carbocycles. The van der Waals surface area contributed by atoms with E-state index in [0.29, 0.717) is 22.5 Å². The lowest BCUT2D eigenvalue weighted by Gasteiger charge is -2.14. The molecule has 1 heterocycles. The minimum Gasteiger partial charge on any atom is -0.349 e. The van der Waals surface area contributed by atoms with E-state index >= 15 is 0 Å². The van der Waals surface area contributed by atoms with Crippen LogP contribution in [0.15, 0.2) is 84.0 Å². The van der Waals surface area contributed by atoms with Crippen molar-refractivity contribution in [1.82, 2.24) is 20.1 Å². The zero-order valence-electron chi connectivity index (χ0n) is 17.9. The first-order valence-electron chi connectivity index (χ1n) is 10.4. The second kappa shape index (κ2) is 10.6. The van der Waals surface area contributed by atoms with Crippen molar-refractivity contribution < 1.29 is 9.18 Å². The highest BCUT2D eigenvalue weighted by atomic mass is 35.5. The molecule has 4 rings (SSSR count). The highest BCUT2D eigenvalue weighted by Crippen LogP contribution is 2.30. The summed E-state index contributed by atoms with van der Waals surface area (Å²) in [6.45, 7) is 2.41. The molecule has 0 radical (unpaired) electrons. The van der Waals surface area contributed by atoms with E-state index in [1.807, 2.05) is 66.1 Å². The van der Waals surface area contributed by atoms with Crippen LogP contribution in [0, 0.1) is 5.82 Å². The van der Waals surface area contributed by atoms with Gasteiger partial charge in [-0.25, -0.2) is 4.39 Å². The van der Waals surface area contributed by atoms with Gasteiger partial charge in [0.2, 0.25) is 5.91 Å². The van der Waals surface area contributed by atoms with Gasteiger partial charge in [-0.15, -0.1) is 10.2 Å². The molecule has 0 aliphatic rings. The summed E-state index contributed by atoms with van der Waals surface area (Å²) in [7, 11) is 0. The first-order chi connectivity index (χ1) is 16.0. The lowest BCUT2D eigenvalue weighted by Crippen LogP contribution is -2.28. The molecular weight excluding hydrogens is 459 g/mol. The number of aromatic nitrogens is 3. The molecule has 0 fully saturated rings. The summed E-state index contributed by atoms with van der Waals surface area (Å²) in [5.41, 5.74) is 2.70. The van der Waals surface area contributed by atoms with Crippen LogP contribution in [0.25, 0.3) is 11.4 Å². The van der Waals surface area contributed by atoms with Gasteiger partial charge in [0.25, 0.3) is 0 Å². The third-order valence-electron chi connectivity index (χ3n) is 5.09. The van der Waals surface area contributed by atoms with Gasteiger partial charge in [0.1, 0.15) is 5.82 Å². The Morgan fingerprint density at radius 2 is 1.73 bits per heavy atom. The summed E-state index contributed by atoms with van der Waals surface area (Å²) in [4.78, 5) is 12.6. The van der Waals surface area contributed by atoms with Crippen molar-refractivity contribution in [1.29, 1.82) is 0 Å². The average Bonchev–Trinajstić information content (AvgIpc) is 3.21. The summed E-state index contributed by atoms with van der Waals surface area (Å²) in [6, 6.07) is 23.3. The maximum Gasteiger partial charge on any atom is 0.230 e. The van der Waals surface area contributed by atoms with Gasteiger partial charge in [-0.3, -0.25) is 9.36 Å². The smallest absolute Gasteiger partial charge is 0.230 e. The quantitative estimate of drug-likeness (QED) is 0.326. The summed E-state index contributed by atoms with van der Waals surface area (Å²) in [5, 5.41) is 12.9. The molecule has 1 aromatic heterocycles. The first kappa shape index (κ1) is 23.0. The van der Waals surface area contributed by atoms with Gasteiger partial charge < -0.3 is 5.32 Å². The van der Waals surface area contributed by atoms with E-state index in [1.165, 1.54) is 23.9 Å². The molecule has 0 saturated carbocycles. The highest BCUT2D eigenvalue weighted by molar-refractivity contribution is 7.99. The fraction of sp³-hybridized carbons (Fsp3) is 0.160. The SMILES string of the molecule is CC(NC(=O)CSc1nnc(-c2ccccc2Cl)n1Cc1ccccc1)c1ccc(F)cc1. The molecule has 0 saturated heterocycles. The number of hydrogen-bond donors (Lipinski definition) is 1. The Morgan fingerprint density at radius 3 is 2.45 bits per heavy atom. The Labute approximate surface area is 201 Å². The molecule has 3 aromatic carbocycles. The van der Waals surface area contributed by atoms with E-state index in [4.69, 9.17) is 11.6 Å². The fourth-order valence-corrected chi connectivity index (χ4v) is 4.36. The number of thioether (sulfide) groups is 1. The lowest BCUT2D eigenvalue weighted by atomic mass is 10.1. The third-order valence-corrected chi connectivity index (χ3v) is 6.39. The maximum atomic E-state index is 13.2. The van der Waals surface area contributed by atoms with Crippen LogP contribution in [-0.2, 0) is 11.3 Å². The summed E-state index contributed by atoms with van der Waals surface area (Å²) in [6.07, 6.45) is 0.